The molecule has 10 heteroatoms. The number of likely N-dealkylation sites (N-methyl/N-ethyl adjacent to an activating group) is 1. The summed E-state index contributed by atoms with van der Waals surface area (Å²) in [6.07, 6.45) is -4.42. The van der Waals surface area contributed by atoms with E-state index in [2.05, 4.69) is 15.6 Å². The van der Waals surface area contributed by atoms with Gasteiger partial charge in [0.2, 0.25) is 5.91 Å². The number of carbonyl (C=O) groups excluding carboxylic acids is 1. The summed E-state index contributed by atoms with van der Waals surface area (Å²) in [5, 5.41) is 5.67. The number of ether oxygens (including phenoxy) is 1. The Balaban J connectivity index is 0.00000625. The second-order valence-electron chi connectivity index (χ2n) is 5.23. The first-order valence-electron chi connectivity index (χ1n) is 7.71. The summed E-state index contributed by atoms with van der Waals surface area (Å²) in [6.45, 7) is 1.11. The Morgan fingerprint density at radius 2 is 1.92 bits per heavy atom. The summed E-state index contributed by atoms with van der Waals surface area (Å²) in [5.74, 6) is 0.338. The summed E-state index contributed by atoms with van der Waals surface area (Å²) in [4.78, 5) is 16.7. The van der Waals surface area contributed by atoms with Crippen molar-refractivity contribution in [2.75, 3.05) is 33.8 Å². The van der Waals surface area contributed by atoms with Gasteiger partial charge in [0.05, 0.1) is 20.2 Å². The van der Waals surface area contributed by atoms with Crippen LogP contribution in [-0.2, 0) is 11.3 Å². The summed E-state index contributed by atoms with van der Waals surface area (Å²) in [6, 6.07) is 7.35. The molecule has 1 rings (SSSR count). The molecule has 2 N–H and O–H groups in total. The molecule has 0 fully saturated rings. The highest BCUT2D eigenvalue weighted by Gasteiger charge is 2.31. The third-order valence-electron chi connectivity index (χ3n) is 3.19. The maximum atomic E-state index is 12.3. The second-order valence-corrected chi connectivity index (χ2v) is 5.23. The quantitative estimate of drug-likeness (QED) is 0.352. The van der Waals surface area contributed by atoms with Crippen molar-refractivity contribution in [2.24, 2.45) is 4.99 Å². The van der Waals surface area contributed by atoms with Crippen molar-refractivity contribution in [3.05, 3.63) is 29.8 Å². The zero-order chi connectivity index (χ0) is 18.9. The number of halogens is 4. The molecule has 0 aliphatic carbocycles. The largest absolute Gasteiger partial charge is 0.496 e. The van der Waals surface area contributed by atoms with Gasteiger partial charge in [0.25, 0.3) is 0 Å². The number of rotatable bonds is 7. The number of carbonyl (C=O) groups is 1. The first kappa shape index (κ1) is 24.3. The van der Waals surface area contributed by atoms with Crippen LogP contribution in [0.4, 0.5) is 13.2 Å². The minimum absolute atomic E-state index is 0. The third-order valence-corrected chi connectivity index (χ3v) is 3.19. The van der Waals surface area contributed by atoms with Crippen LogP contribution in [0.1, 0.15) is 12.5 Å². The molecule has 0 bridgehead atoms. The molecule has 0 saturated heterocycles. The lowest BCUT2D eigenvalue weighted by atomic mass is 10.2. The van der Waals surface area contributed by atoms with Gasteiger partial charge < -0.3 is 20.3 Å². The molecule has 26 heavy (non-hydrogen) atoms. The van der Waals surface area contributed by atoms with Gasteiger partial charge in [-0.25, -0.2) is 4.99 Å². The minimum atomic E-state index is -4.42. The average Bonchev–Trinajstić information content (AvgIpc) is 2.55. The zero-order valence-electron chi connectivity index (χ0n) is 14.9. The molecular formula is C16H24F3IN4O2. The van der Waals surface area contributed by atoms with Crippen LogP contribution in [0, 0.1) is 0 Å². The number of hydrogen-bond donors (Lipinski definition) is 2. The van der Waals surface area contributed by atoms with Crippen LogP contribution < -0.4 is 15.4 Å². The maximum absolute atomic E-state index is 12.3. The molecule has 0 radical (unpaired) electrons. The first-order valence-corrected chi connectivity index (χ1v) is 7.71. The van der Waals surface area contributed by atoms with E-state index in [1.807, 2.05) is 25.1 Å². The Morgan fingerprint density at radius 3 is 2.50 bits per heavy atom. The first-order chi connectivity index (χ1) is 11.8. The molecule has 1 aromatic carbocycles. The molecule has 0 spiro atoms. The number of nitrogens with zero attached hydrogens (tertiary/aromatic N) is 2. The predicted molar refractivity (Wildman–Crippen MR) is 105 cm³/mol. The van der Waals surface area contributed by atoms with Crippen LogP contribution in [-0.4, -0.2) is 56.7 Å². The number of amides is 1. The van der Waals surface area contributed by atoms with Crippen LogP contribution in [0.3, 0.4) is 0 Å². The molecule has 0 aromatic heterocycles. The van der Waals surface area contributed by atoms with E-state index in [0.29, 0.717) is 29.7 Å². The van der Waals surface area contributed by atoms with Crippen molar-refractivity contribution < 1.29 is 22.7 Å². The van der Waals surface area contributed by atoms with Crippen molar-refractivity contribution in [1.29, 1.82) is 0 Å². The molecule has 0 heterocycles. The highest BCUT2D eigenvalue weighted by atomic mass is 127. The molecule has 0 atom stereocenters. The van der Waals surface area contributed by atoms with Gasteiger partial charge in [-0.3, -0.25) is 4.79 Å². The van der Waals surface area contributed by atoms with Crippen LogP contribution in [0.2, 0.25) is 0 Å². The van der Waals surface area contributed by atoms with Gasteiger partial charge in [0.1, 0.15) is 12.3 Å². The number of alkyl halides is 3. The smallest absolute Gasteiger partial charge is 0.406 e. The van der Waals surface area contributed by atoms with Crippen LogP contribution in [0.25, 0.3) is 0 Å². The molecule has 0 unspecified atom stereocenters. The molecular weight excluding hydrogens is 464 g/mol. The van der Waals surface area contributed by atoms with E-state index < -0.39 is 18.6 Å². The fourth-order valence-corrected chi connectivity index (χ4v) is 1.99. The highest BCUT2D eigenvalue weighted by Crippen LogP contribution is 2.18. The van der Waals surface area contributed by atoms with E-state index in [4.69, 9.17) is 4.74 Å². The van der Waals surface area contributed by atoms with Crippen molar-refractivity contribution in [3.63, 3.8) is 0 Å². The minimum Gasteiger partial charge on any atom is -0.496 e. The van der Waals surface area contributed by atoms with Crippen molar-refractivity contribution in [1.82, 2.24) is 15.5 Å². The van der Waals surface area contributed by atoms with E-state index in [0.717, 1.165) is 12.6 Å². The fraction of sp³-hybridized carbons (Fsp3) is 0.500. The highest BCUT2D eigenvalue weighted by molar-refractivity contribution is 14.0. The molecule has 1 aromatic rings. The summed E-state index contributed by atoms with van der Waals surface area (Å²) in [7, 11) is 2.66. The number of guanidine groups is 1. The maximum Gasteiger partial charge on any atom is 0.406 e. The van der Waals surface area contributed by atoms with Gasteiger partial charge in [0, 0.05) is 19.2 Å². The lowest BCUT2D eigenvalue weighted by Gasteiger charge is -2.20. The van der Waals surface area contributed by atoms with E-state index in [-0.39, 0.29) is 30.5 Å². The van der Waals surface area contributed by atoms with E-state index in [1.165, 1.54) is 0 Å². The van der Waals surface area contributed by atoms with Gasteiger partial charge in [-0.2, -0.15) is 13.2 Å². The lowest BCUT2D eigenvalue weighted by Crippen LogP contribution is -2.45. The van der Waals surface area contributed by atoms with E-state index >= 15 is 0 Å². The van der Waals surface area contributed by atoms with E-state index in [9.17, 15) is 18.0 Å². The number of aliphatic imine (C=N–C) groups is 1. The number of hydrogen-bond acceptors (Lipinski definition) is 3. The molecule has 0 saturated carbocycles. The Hall–Kier alpha value is -1.72. The SMILES string of the molecule is CCNC(=NCc1ccccc1OC)NCC(=O)N(C)CC(F)(F)F.I. The van der Waals surface area contributed by atoms with Crippen molar-refractivity contribution in [3.8, 4) is 5.75 Å². The van der Waals surface area contributed by atoms with Gasteiger partial charge >= 0.3 is 6.18 Å². The number of nitrogens with one attached hydrogen (secondary N) is 2. The van der Waals surface area contributed by atoms with Gasteiger partial charge in [-0.15, -0.1) is 24.0 Å². The molecule has 0 aliphatic rings. The Kier molecular flexibility index (Phi) is 11.0. The van der Waals surface area contributed by atoms with Gasteiger partial charge in [-0.05, 0) is 13.0 Å². The van der Waals surface area contributed by atoms with Crippen LogP contribution in [0.15, 0.2) is 29.3 Å². The molecule has 148 valence electrons. The summed E-state index contributed by atoms with van der Waals surface area (Å²) < 4.78 is 42.1. The average molecular weight is 488 g/mol. The lowest BCUT2D eigenvalue weighted by molar-refractivity contribution is -0.157. The normalized spacial score (nSPS) is 11.4. The topological polar surface area (TPSA) is 66.0 Å². The Bertz CT molecular complexity index is 597. The summed E-state index contributed by atoms with van der Waals surface area (Å²) in [5.41, 5.74) is 0.850. The Labute approximate surface area is 168 Å². The second kappa shape index (κ2) is 11.8. The zero-order valence-corrected chi connectivity index (χ0v) is 17.2. The third kappa shape index (κ3) is 9.11. The predicted octanol–water partition coefficient (Wildman–Crippen LogP) is 2.39. The van der Waals surface area contributed by atoms with Gasteiger partial charge in [0.15, 0.2) is 5.96 Å². The van der Waals surface area contributed by atoms with E-state index in [1.54, 1.807) is 13.2 Å². The molecule has 1 amide bonds. The molecule has 0 aliphatic heterocycles. The number of methoxy groups -OCH3 is 1. The Morgan fingerprint density at radius 1 is 1.27 bits per heavy atom. The van der Waals surface area contributed by atoms with Crippen LogP contribution in [0.5, 0.6) is 5.75 Å². The summed E-state index contributed by atoms with van der Waals surface area (Å²) >= 11 is 0. The number of para-hydroxylation sites is 1. The van der Waals surface area contributed by atoms with Crippen molar-refractivity contribution in [2.45, 2.75) is 19.6 Å². The van der Waals surface area contributed by atoms with Crippen molar-refractivity contribution >= 4 is 35.8 Å². The molecule has 6 nitrogen and oxygen atoms in total. The monoisotopic (exact) mass is 488 g/mol. The number of benzene rings is 1. The van der Waals surface area contributed by atoms with Crippen LogP contribution >= 0.6 is 24.0 Å². The van der Waals surface area contributed by atoms with Gasteiger partial charge in [-0.1, -0.05) is 18.2 Å². The fourth-order valence-electron chi connectivity index (χ4n) is 1.99. The standard InChI is InChI=1S/C16H23F3N4O2.HI/c1-4-20-15(21-9-12-7-5-6-8-13(12)25-3)22-10-14(24)23(2)11-16(17,18)19;/h5-8H,4,9-11H2,1-3H3,(H2,20,21,22);1H.